The first kappa shape index (κ1) is 18.5. The minimum absolute atomic E-state index is 0.0571. The van der Waals surface area contributed by atoms with Gasteiger partial charge in [0.2, 0.25) is 5.91 Å². The summed E-state index contributed by atoms with van der Waals surface area (Å²) in [5.74, 6) is 0.432. The van der Waals surface area contributed by atoms with Crippen LogP contribution in [-0.4, -0.2) is 86.4 Å². The smallest absolute Gasteiger partial charge is 0.289 e. The molecule has 0 spiro atoms. The third-order valence-corrected chi connectivity index (χ3v) is 4.15. The number of piperazine rings is 1. The fourth-order valence-electron chi connectivity index (χ4n) is 2.70. The molecule has 1 aliphatic heterocycles. The zero-order chi connectivity index (χ0) is 17.4. The second kappa shape index (κ2) is 9.44. The van der Waals surface area contributed by atoms with E-state index in [1.54, 1.807) is 17.0 Å². The number of carbonyl (C=O) groups is 2. The molecule has 0 atom stereocenters. The van der Waals surface area contributed by atoms with Gasteiger partial charge in [-0.15, -0.1) is 0 Å². The van der Waals surface area contributed by atoms with Crippen molar-refractivity contribution < 1.29 is 14.0 Å². The molecule has 1 fully saturated rings. The molecule has 1 aliphatic rings. The predicted octanol–water partition coefficient (Wildman–Crippen LogP) is 0.495. The number of nitrogens with one attached hydrogen (secondary N) is 1. The van der Waals surface area contributed by atoms with E-state index in [1.807, 2.05) is 14.1 Å². The Morgan fingerprint density at radius 3 is 2.62 bits per heavy atom. The van der Waals surface area contributed by atoms with Crippen LogP contribution in [0.1, 0.15) is 23.4 Å². The van der Waals surface area contributed by atoms with Gasteiger partial charge in [-0.25, -0.2) is 0 Å². The molecule has 7 nitrogen and oxygen atoms in total. The van der Waals surface area contributed by atoms with Crippen molar-refractivity contribution in [1.29, 1.82) is 0 Å². The van der Waals surface area contributed by atoms with E-state index in [4.69, 9.17) is 4.42 Å². The topological polar surface area (TPSA) is 69.0 Å². The van der Waals surface area contributed by atoms with Gasteiger partial charge in [-0.05, 0) is 39.2 Å². The standard InChI is InChI=1S/C17H28N4O3/c1-19(2)8-4-7-18-16(22)6-9-20-10-12-21(13-11-20)17(23)15-5-3-14-24-15/h3,5,14H,4,6-13H2,1-2H3,(H,18,22). The van der Waals surface area contributed by atoms with E-state index in [-0.39, 0.29) is 11.8 Å². The molecule has 2 heterocycles. The predicted molar refractivity (Wildman–Crippen MR) is 91.8 cm³/mol. The van der Waals surface area contributed by atoms with Crippen LogP contribution in [0.5, 0.6) is 0 Å². The molecular formula is C17H28N4O3. The zero-order valence-electron chi connectivity index (χ0n) is 14.7. The number of hydrogen-bond acceptors (Lipinski definition) is 5. The number of furan rings is 1. The van der Waals surface area contributed by atoms with Crippen molar-refractivity contribution in [2.24, 2.45) is 0 Å². The third kappa shape index (κ3) is 5.98. The summed E-state index contributed by atoms with van der Waals surface area (Å²) in [6, 6.07) is 3.41. The molecule has 0 aliphatic carbocycles. The van der Waals surface area contributed by atoms with Crippen molar-refractivity contribution in [1.82, 2.24) is 20.0 Å². The first-order valence-electron chi connectivity index (χ1n) is 8.53. The molecule has 2 rings (SSSR count). The summed E-state index contributed by atoms with van der Waals surface area (Å²) < 4.78 is 5.16. The van der Waals surface area contributed by atoms with Crippen molar-refractivity contribution >= 4 is 11.8 Å². The maximum atomic E-state index is 12.2. The molecule has 0 unspecified atom stereocenters. The first-order valence-corrected chi connectivity index (χ1v) is 8.53. The van der Waals surface area contributed by atoms with Crippen LogP contribution in [0.3, 0.4) is 0 Å². The molecule has 0 aromatic carbocycles. The molecule has 1 saturated heterocycles. The summed E-state index contributed by atoms with van der Waals surface area (Å²) >= 11 is 0. The molecule has 1 aromatic rings. The quantitative estimate of drug-likeness (QED) is 0.700. The summed E-state index contributed by atoms with van der Waals surface area (Å²) in [4.78, 5) is 30.1. The van der Waals surface area contributed by atoms with Gasteiger partial charge in [0.1, 0.15) is 0 Å². The Bertz CT molecular complexity index is 508. The van der Waals surface area contributed by atoms with Gasteiger partial charge in [0, 0.05) is 45.7 Å². The SMILES string of the molecule is CN(C)CCCNC(=O)CCN1CCN(C(=O)c2ccco2)CC1. The van der Waals surface area contributed by atoms with Crippen LogP contribution < -0.4 is 5.32 Å². The minimum Gasteiger partial charge on any atom is -0.459 e. The molecule has 0 radical (unpaired) electrons. The Balaban J connectivity index is 1.59. The lowest BCUT2D eigenvalue weighted by Crippen LogP contribution is -2.49. The average molecular weight is 336 g/mol. The van der Waals surface area contributed by atoms with Gasteiger partial charge in [-0.2, -0.15) is 0 Å². The Morgan fingerprint density at radius 2 is 2.00 bits per heavy atom. The van der Waals surface area contributed by atoms with Gasteiger partial charge >= 0.3 is 0 Å². The maximum Gasteiger partial charge on any atom is 0.289 e. The average Bonchev–Trinajstić information content (AvgIpc) is 3.11. The minimum atomic E-state index is -0.0571. The van der Waals surface area contributed by atoms with E-state index in [1.165, 1.54) is 6.26 Å². The van der Waals surface area contributed by atoms with Gasteiger partial charge in [0.25, 0.3) is 5.91 Å². The van der Waals surface area contributed by atoms with E-state index < -0.39 is 0 Å². The van der Waals surface area contributed by atoms with E-state index in [9.17, 15) is 9.59 Å². The van der Waals surface area contributed by atoms with Crippen LogP contribution in [0.25, 0.3) is 0 Å². The lowest BCUT2D eigenvalue weighted by molar-refractivity contribution is -0.121. The molecule has 7 heteroatoms. The maximum absolute atomic E-state index is 12.2. The fraction of sp³-hybridized carbons (Fsp3) is 0.647. The van der Waals surface area contributed by atoms with Gasteiger partial charge in [-0.1, -0.05) is 0 Å². The molecule has 1 aromatic heterocycles. The summed E-state index contributed by atoms with van der Waals surface area (Å²) in [5, 5.41) is 2.95. The van der Waals surface area contributed by atoms with Crippen molar-refractivity contribution in [3.05, 3.63) is 24.2 Å². The van der Waals surface area contributed by atoms with Gasteiger partial charge in [0.15, 0.2) is 5.76 Å². The Labute approximate surface area is 143 Å². The van der Waals surface area contributed by atoms with E-state index in [0.717, 1.165) is 39.1 Å². The fourth-order valence-corrected chi connectivity index (χ4v) is 2.70. The van der Waals surface area contributed by atoms with Crippen LogP contribution in [0.15, 0.2) is 22.8 Å². The number of hydrogen-bond donors (Lipinski definition) is 1. The summed E-state index contributed by atoms with van der Waals surface area (Å²) in [7, 11) is 4.05. The second-order valence-electron chi connectivity index (χ2n) is 6.37. The molecule has 24 heavy (non-hydrogen) atoms. The van der Waals surface area contributed by atoms with Crippen LogP contribution in [-0.2, 0) is 4.79 Å². The molecule has 134 valence electrons. The monoisotopic (exact) mass is 336 g/mol. The zero-order valence-corrected chi connectivity index (χ0v) is 14.7. The number of carbonyl (C=O) groups excluding carboxylic acids is 2. The highest BCUT2D eigenvalue weighted by atomic mass is 16.3. The van der Waals surface area contributed by atoms with Gasteiger partial charge in [0.05, 0.1) is 6.26 Å². The van der Waals surface area contributed by atoms with Crippen LogP contribution in [0, 0.1) is 0 Å². The van der Waals surface area contributed by atoms with Crippen molar-refractivity contribution in [3.63, 3.8) is 0 Å². The third-order valence-electron chi connectivity index (χ3n) is 4.15. The number of amides is 2. The van der Waals surface area contributed by atoms with E-state index in [0.29, 0.717) is 25.3 Å². The summed E-state index contributed by atoms with van der Waals surface area (Å²) in [5.41, 5.74) is 0. The first-order chi connectivity index (χ1) is 11.6. The second-order valence-corrected chi connectivity index (χ2v) is 6.37. The lowest BCUT2D eigenvalue weighted by Gasteiger charge is -2.34. The molecule has 2 amide bonds. The highest BCUT2D eigenvalue weighted by Crippen LogP contribution is 2.09. The summed E-state index contributed by atoms with van der Waals surface area (Å²) in [6.07, 6.45) is 2.99. The number of rotatable bonds is 8. The number of nitrogens with zero attached hydrogens (tertiary/aromatic N) is 3. The molecular weight excluding hydrogens is 308 g/mol. The van der Waals surface area contributed by atoms with Crippen molar-refractivity contribution in [3.8, 4) is 0 Å². The molecule has 0 saturated carbocycles. The molecule has 0 bridgehead atoms. The normalized spacial score (nSPS) is 15.7. The lowest BCUT2D eigenvalue weighted by atomic mass is 10.2. The Hall–Kier alpha value is -1.86. The van der Waals surface area contributed by atoms with Crippen molar-refractivity contribution in [2.45, 2.75) is 12.8 Å². The summed E-state index contributed by atoms with van der Waals surface area (Å²) in [6.45, 7) is 5.37. The van der Waals surface area contributed by atoms with Gasteiger partial charge in [-0.3, -0.25) is 14.5 Å². The van der Waals surface area contributed by atoms with E-state index >= 15 is 0 Å². The van der Waals surface area contributed by atoms with Crippen LogP contribution >= 0.6 is 0 Å². The van der Waals surface area contributed by atoms with Crippen molar-refractivity contribution in [2.75, 3.05) is 59.9 Å². The van der Waals surface area contributed by atoms with Crippen LogP contribution in [0.4, 0.5) is 0 Å². The van der Waals surface area contributed by atoms with E-state index in [2.05, 4.69) is 15.1 Å². The molecule has 1 N–H and O–H groups in total. The highest BCUT2D eigenvalue weighted by Gasteiger charge is 2.23. The highest BCUT2D eigenvalue weighted by molar-refractivity contribution is 5.91. The van der Waals surface area contributed by atoms with Gasteiger partial charge < -0.3 is 19.5 Å². The van der Waals surface area contributed by atoms with Crippen LogP contribution in [0.2, 0.25) is 0 Å². The Morgan fingerprint density at radius 1 is 1.25 bits per heavy atom. The Kier molecular flexibility index (Phi) is 7.27. The largest absolute Gasteiger partial charge is 0.459 e.